The van der Waals surface area contributed by atoms with Crippen molar-refractivity contribution in [3.05, 3.63) is 65.5 Å². The molecular weight excluding hydrogens is 459 g/mol. The van der Waals surface area contributed by atoms with Crippen LogP contribution in [0.1, 0.15) is 35.8 Å². The zero-order chi connectivity index (χ0) is 24.4. The Balaban J connectivity index is 1.23. The number of hydrogen-bond donors (Lipinski definition) is 1. The van der Waals surface area contributed by atoms with Gasteiger partial charge in [0.1, 0.15) is 18.7 Å². The van der Waals surface area contributed by atoms with Gasteiger partial charge >= 0.3 is 0 Å². The van der Waals surface area contributed by atoms with Crippen molar-refractivity contribution >= 4 is 11.3 Å². The SMILES string of the molecule is Cc1nc(N2CCC3(CC2)Cc2ncccc2[C@H]3N)c2ccnn2c1-c1ccc2c(c1F)OCCO2. The molecule has 9 heteroatoms. The van der Waals surface area contributed by atoms with Gasteiger partial charge in [0.05, 0.1) is 17.6 Å². The number of aryl methyl sites for hydroxylation is 1. The van der Waals surface area contributed by atoms with Crippen molar-refractivity contribution in [2.45, 2.75) is 32.2 Å². The molecule has 2 aliphatic heterocycles. The first-order valence-electron chi connectivity index (χ1n) is 12.4. The van der Waals surface area contributed by atoms with Crippen molar-refractivity contribution in [3.63, 3.8) is 0 Å². The highest BCUT2D eigenvalue weighted by Gasteiger charge is 2.46. The van der Waals surface area contributed by atoms with Gasteiger partial charge in [-0.25, -0.2) is 13.9 Å². The number of aromatic nitrogens is 4. The van der Waals surface area contributed by atoms with Crippen LogP contribution in [-0.2, 0) is 6.42 Å². The summed E-state index contributed by atoms with van der Waals surface area (Å²) >= 11 is 0. The van der Waals surface area contributed by atoms with E-state index in [2.05, 4.69) is 21.0 Å². The van der Waals surface area contributed by atoms with Gasteiger partial charge in [-0.15, -0.1) is 0 Å². The fourth-order valence-corrected chi connectivity index (χ4v) is 6.19. The van der Waals surface area contributed by atoms with Gasteiger partial charge in [-0.3, -0.25) is 4.98 Å². The van der Waals surface area contributed by atoms with Crippen LogP contribution in [0.5, 0.6) is 11.5 Å². The van der Waals surface area contributed by atoms with E-state index in [-0.39, 0.29) is 17.2 Å². The molecule has 0 bridgehead atoms. The Morgan fingerprint density at radius 3 is 2.75 bits per heavy atom. The van der Waals surface area contributed by atoms with E-state index in [1.54, 1.807) is 22.8 Å². The van der Waals surface area contributed by atoms with Crippen molar-refractivity contribution in [3.8, 4) is 22.8 Å². The summed E-state index contributed by atoms with van der Waals surface area (Å²) in [6, 6.07) is 9.50. The zero-order valence-corrected chi connectivity index (χ0v) is 20.1. The van der Waals surface area contributed by atoms with E-state index < -0.39 is 5.82 Å². The van der Waals surface area contributed by atoms with Crippen molar-refractivity contribution in [2.75, 3.05) is 31.2 Å². The summed E-state index contributed by atoms with van der Waals surface area (Å²) < 4.78 is 28.4. The average molecular weight is 487 g/mol. The van der Waals surface area contributed by atoms with Gasteiger partial charge in [-0.05, 0) is 61.4 Å². The molecule has 3 aliphatic rings. The standard InChI is InChI=1S/C27H27FN6O2/c1-16-23(18-4-5-21-24(22(18)28)36-14-13-35-21)34-20(6-10-31-34)26(32-16)33-11-7-27(8-12-33)15-19-17(25(27)29)3-2-9-30-19/h2-6,9-10,25H,7-8,11-15,29H2,1H3/t25-/m1/s1. The zero-order valence-electron chi connectivity index (χ0n) is 20.1. The number of piperidine rings is 1. The minimum atomic E-state index is -0.454. The first kappa shape index (κ1) is 21.6. The summed E-state index contributed by atoms with van der Waals surface area (Å²) in [5.74, 6) is 0.979. The molecule has 184 valence electrons. The Labute approximate surface area is 207 Å². The number of anilines is 1. The number of hydrogen-bond acceptors (Lipinski definition) is 7. The molecular formula is C27H27FN6O2. The lowest BCUT2D eigenvalue weighted by atomic mass is 9.73. The molecule has 3 aromatic heterocycles. The summed E-state index contributed by atoms with van der Waals surface area (Å²) in [7, 11) is 0. The maximum Gasteiger partial charge on any atom is 0.197 e. The smallest absolute Gasteiger partial charge is 0.197 e. The highest BCUT2D eigenvalue weighted by Crippen LogP contribution is 2.50. The van der Waals surface area contributed by atoms with E-state index in [0.717, 1.165) is 49.4 Å². The molecule has 7 rings (SSSR count). The Hall–Kier alpha value is -3.72. The van der Waals surface area contributed by atoms with E-state index in [4.69, 9.17) is 20.2 Å². The summed E-state index contributed by atoms with van der Waals surface area (Å²) in [6.07, 6.45) is 6.44. The van der Waals surface area contributed by atoms with Crippen LogP contribution in [0.3, 0.4) is 0 Å². The monoisotopic (exact) mass is 486 g/mol. The van der Waals surface area contributed by atoms with Gasteiger partial charge in [0.25, 0.3) is 0 Å². The topological polar surface area (TPSA) is 90.8 Å². The van der Waals surface area contributed by atoms with E-state index >= 15 is 4.39 Å². The molecule has 0 amide bonds. The van der Waals surface area contributed by atoms with Crippen molar-refractivity contribution < 1.29 is 13.9 Å². The van der Waals surface area contributed by atoms with Crippen LogP contribution >= 0.6 is 0 Å². The number of nitrogens with two attached hydrogens (primary N) is 1. The number of pyridine rings is 1. The first-order chi connectivity index (χ1) is 17.6. The predicted octanol–water partition coefficient (Wildman–Crippen LogP) is 3.85. The number of rotatable bonds is 2. The van der Waals surface area contributed by atoms with Crippen LogP contribution in [-0.4, -0.2) is 45.9 Å². The van der Waals surface area contributed by atoms with E-state index in [1.807, 2.05) is 25.3 Å². The minimum Gasteiger partial charge on any atom is -0.486 e. The van der Waals surface area contributed by atoms with Gasteiger partial charge in [0, 0.05) is 36.6 Å². The van der Waals surface area contributed by atoms with Gasteiger partial charge < -0.3 is 20.1 Å². The maximum absolute atomic E-state index is 15.5. The third kappa shape index (κ3) is 3.05. The molecule has 1 fully saturated rings. The van der Waals surface area contributed by atoms with E-state index in [0.29, 0.717) is 35.9 Å². The molecule has 0 unspecified atom stereocenters. The molecule has 4 aromatic rings. The van der Waals surface area contributed by atoms with Crippen molar-refractivity contribution in [1.82, 2.24) is 19.6 Å². The normalized spacial score (nSPS) is 20.2. The molecule has 1 saturated heterocycles. The van der Waals surface area contributed by atoms with Gasteiger partial charge in [-0.1, -0.05) is 6.07 Å². The molecule has 0 radical (unpaired) electrons. The molecule has 36 heavy (non-hydrogen) atoms. The Bertz CT molecular complexity index is 1490. The van der Waals surface area contributed by atoms with Crippen LogP contribution in [0, 0.1) is 18.2 Å². The lowest BCUT2D eigenvalue weighted by molar-refractivity contribution is 0.164. The first-order valence-corrected chi connectivity index (χ1v) is 12.4. The quantitative estimate of drug-likeness (QED) is 0.460. The van der Waals surface area contributed by atoms with Gasteiger partial charge in [0.15, 0.2) is 23.1 Å². The third-order valence-electron chi connectivity index (χ3n) is 8.10. The summed E-state index contributed by atoms with van der Waals surface area (Å²) in [5.41, 5.74) is 11.7. The number of halogens is 1. The Morgan fingerprint density at radius 1 is 1.08 bits per heavy atom. The third-order valence-corrected chi connectivity index (χ3v) is 8.10. The lowest BCUT2D eigenvalue weighted by Gasteiger charge is -2.42. The van der Waals surface area contributed by atoms with E-state index in [1.165, 1.54) is 5.56 Å². The second-order valence-electron chi connectivity index (χ2n) is 9.99. The van der Waals surface area contributed by atoms with Crippen LogP contribution < -0.4 is 20.1 Å². The predicted molar refractivity (Wildman–Crippen MR) is 133 cm³/mol. The van der Waals surface area contributed by atoms with Crippen LogP contribution in [0.25, 0.3) is 16.8 Å². The number of benzene rings is 1. The molecule has 8 nitrogen and oxygen atoms in total. The number of nitrogens with zero attached hydrogens (tertiary/aromatic N) is 5. The summed E-state index contributed by atoms with van der Waals surface area (Å²) in [6.45, 7) is 4.31. The Morgan fingerprint density at radius 2 is 1.92 bits per heavy atom. The fourth-order valence-electron chi connectivity index (χ4n) is 6.19. The minimum absolute atomic E-state index is 0.00795. The van der Waals surface area contributed by atoms with Crippen molar-refractivity contribution in [2.24, 2.45) is 11.1 Å². The fraction of sp³-hybridized carbons (Fsp3) is 0.370. The van der Waals surface area contributed by atoms with Crippen LogP contribution in [0.2, 0.25) is 0 Å². The molecule has 1 atom stereocenters. The number of fused-ring (bicyclic) bond motifs is 3. The molecule has 1 aliphatic carbocycles. The van der Waals surface area contributed by atoms with Crippen molar-refractivity contribution in [1.29, 1.82) is 0 Å². The lowest BCUT2D eigenvalue weighted by Crippen LogP contribution is -2.44. The Kier molecular flexibility index (Phi) is 4.73. The number of ether oxygens (including phenoxy) is 2. The van der Waals surface area contributed by atoms with Crippen LogP contribution in [0.15, 0.2) is 42.7 Å². The van der Waals surface area contributed by atoms with E-state index in [9.17, 15) is 0 Å². The molecule has 5 heterocycles. The second kappa shape index (κ2) is 7.89. The highest BCUT2D eigenvalue weighted by atomic mass is 19.1. The molecule has 2 N–H and O–H groups in total. The second-order valence-corrected chi connectivity index (χ2v) is 9.99. The van der Waals surface area contributed by atoms with Crippen LogP contribution in [0.4, 0.5) is 10.2 Å². The van der Waals surface area contributed by atoms with Gasteiger partial charge in [-0.2, -0.15) is 5.10 Å². The maximum atomic E-state index is 15.5. The largest absolute Gasteiger partial charge is 0.486 e. The molecule has 1 aromatic carbocycles. The molecule has 1 spiro atoms. The highest BCUT2D eigenvalue weighted by molar-refractivity contribution is 5.77. The average Bonchev–Trinajstić information content (AvgIpc) is 3.49. The molecule has 0 saturated carbocycles. The summed E-state index contributed by atoms with van der Waals surface area (Å²) in [5, 5.41) is 4.56. The van der Waals surface area contributed by atoms with Gasteiger partial charge in [0.2, 0.25) is 0 Å². The summed E-state index contributed by atoms with van der Waals surface area (Å²) in [4.78, 5) is 11.9.